The van der Waals surface area contributed by atoms with E-state index in [1.165, 1.54) is 43.9 Å². The van der Waals surface area contributed by atoms with Crippen LogP contribution >= 0.6 is 11.6 Å². The fraction of sp³-hybridized carbons (Fsp3) is 0.600. The highest BCUT2D eigenvalue weighted by Gasteiger charge is 2.17. The van der Waals surface area contributed by atoms with Gasteiger partial charge < -0.3 is 5.11 Å². The molecule has 0 amide bonds. The van der Waals surface area contributed by atoms with Crippen molar-refractivity contribution >= 4 is 21.6 Å². The average Bonchev–Trinajstić information content (AvgIpc) is 2.97. The van der Waals surface area contributed by atoms with Crippen LogP contribution in [-0.4, -0.2) is 20.1 Å². The van der Waals surface area contributed by atoms with E-state index in [1.54, 1.807) is 0 Å². The maximum Gasteiger partial charge on any atom is 0.240 e. The molecule has 0 spiro atoms. The van der Waals surface area contributed by atoms with Crippen molar-refractivity contribution in [3.63, 3.8) is 0 Å². The lowest BCUT2D eigenvalue weighted by molar-refractivity contribution is 0.281. The van der Waals surface area contributed by atoms with Crippen LogP contribution in [0, 0.1) is 5.92 Å². The van der Waals surface area contributed by atoms with Crippen LogP contribution in [0.1, 0.15) is 44.1 Å². The molecule has 0 unspecified atom stereocenters. The molecule has 1 saturated carbocycles. The van der Waals surface area contributed by atoms with E-state index in [2.05, 4.69) is 4.72 Å². The summed E-state index contributed by atoms with van der Waals surface area (Å²) in [4.78, 5) is 0.150. The summed E-state index contributed by atoms with van der Waals surface area (Å²) in [7, 11) is -3.53. The minimum atomic E-state index is -3.53. The molecule has 1 aliphatic rings. The highest BCUT2D eigenvalue weighted by molar-refractivity contribution is 7.89. The molecule has 1 aliphatic carbocycles. The Morgan fingerprint density at radius 3 is 2.67 bits per heavy atom. The largest absolute Gasteiger partial charge is 0.392 e. The highest BCUT2D eigenvalue weighted by atomic mass is 35.5. The summed E-state index contributed by atoms with van der Waals surface area (Å²) in [6, 6.07) is 4.38. The van der Waals surface area contributed by atoms with E-state index >= 15 is 0 Å². The Hall–Kier alpha value is -0.620. The first kappa shape index (κ1) is 16.7. The van der Waals surface area contributed by atoms with Gasteiger partial charge in [-0.15, -0.1) is 0 Å². The van der Waals surface area contributed by atoms with Crippen LogP contribution < -0.4 is 4.72 Å². The number of hydrogen-bond donors (Lipinski definition) is 2. The number of halogens is 1. The van der Waals surface area contributed by atoms with Crippen molar-refractivity contribution in [3.05, 3.63) is 28.8 Å². The summed E-state index contributed by atoms with van der Waals surface area (Å²) in [6.45, 7) is 0.180. The first-order valence-electron chi connectivity index (χ1n) is 7.42. The maximum atomic E-state index is 12.2. The lowest BCUT2D eigenvalue weighted by Crippen LogP contribution is -2.25. The van der Waals surface area contributed by atoms with Gasteiger partial charge in [0.05, 0.1) is 11.5 Å². The third kappa shape index (κ3) is 4.68. The lowest BCUT2D eigenvalue weighted by Gasteiger charge is -2.11. The van der Waals surface area contributed by atoms with Crippen LogP contribution in [0.3, 0.4) is 0 Å². The number of aliphatic hydroxyl groups excluding tert-OH is 1. The van der Waals surface area contributed by atoms with Gasteiger partial charge in [-0.25, -0.2) is 13.1 Å². The zero-order valence-electron chi connectivity index (χ0n) is 12.0. The molecular weight excluding hydrogens is 310 g/mol. The molecule has 2 N–H and O–H groups in total. The Morgan fingerprint density at radius 1 is 1.29 bits per heavy atom. The third-order valence-electron chi connectivity index (χ3n) is 4.05. The Morgan fingerprint density at radius 2 is 2.00 bits per heavy atom. The number of benzene rings is 1. The summed E-state index contributed by atoms with van der Waals surface area (Å²) in [5.41, 5.74) is 0.422. The number of nitrogens with one attached hydrogen (secondary N) is 1. The maximum absolute atomic E-state index is 12.2. The fourth-order valence-electron chi connectivity index (χ4n) is 2.82. The van der Waals surface area contributed by atoms with Gasteiger partial charge in [0, 0.05) is 11.6 Å². The molecule has 0 heterocycles. The van der Waals surface area contributed by atoms with Crippen LogP contribution in [-0.2, 0) is 16.6 Å². The molecule has 0 aliphatic heterocycles. The first-order chi connectivity index (χ1) is 10.0. The summed E-state index contributed by atoms with van der Waals surface area (Å²) in [5.74, 6) is 0.769. The molecule has 21 heavy (non-hydrogen) atoms. The minimum absolute atomic E-state index is 0.150. The molecular formula is C15H22ClNO3S. The molecule has 0 bridgehead atoms. The summed E-state index contributed by atoms with van der Waals surface area (Å²) in [6.07, 6.45) is 7.14. The van der Waals surface area contributed by atoms with Crippen LogP contribution in [0.4, 0.5) is 0 Å². The Balaban J connectivity index is 1.88. The van der Waals surface area contributed by atoms with Gasteiger partial charge in [-0.1, -0.05) is 37.3 Å². The molecule has 4 nitrogen and oxygen atoms in total. The van der Waals surface area contributed by atoms with Gasteiger partial charge in [0.1, 0.15) is 0 Å². The van der Waals surface area contributed by atoms with E-state index in [1.807, 2.05) is 0 Å². The van der Waals surface area contributed by atoms with Crippen LogP contribution in [0.15, 0.2) is 23.1 Å². The molecule has 6 heteroatoms. The second kappa shape index (κ2) is 7.58. The highest BCUT2D eigenvalue weighted by Crippen LogP contribution is 2.28. The van der Waals surface area contributed by atoms with Crippen LogP contribution in [0.5, 0.6) is 0 Å². The van der Waals surface area contributed by atoms with Gasteiger partial charge in [0.15, 0.2) is 0 Å². The predicted octanol–water partition coefficient (Wildman–Crippen LogP) is 3.08. The topological polar surface area (TPSA) is 66.4 Å². The second-order valence-electron chi connectivity index (χ2n) is 5.60. The molecule has 2 rings (SSSR count). The van der Waals surface area contributed by atoms with Gasteiger partial charge >= 0.3 is 0 Å². The number of rotatable bonds is 7. The minimum Gasteiger partial charge on any atom is -0.392 e. The zero-order valence-corrected chi connectivity index (χ0v) is 13.6. The Labute approximate surface area is 131 Å². The van der Waals surface area contributed by atoms with E-state index in [4.69, 9.17) is 16.7 Å². The lowest BCUT2D eigenvalue weighted by atomic mass is 10.0. The van der Waals surface area contributed by atoms with Gasteiger partial charge in [-0.05, 0) is 42.5 Å². The van der Waals surface area contributed by atoms with Crippen LogP contribution in [0.25, 0.3) is 0 Å². The predicted molar refractivity (Wildman–Crippen MR) is 83.8 cm³/mol. The molecule has 0 saturated heterocycles. The molecule has 0 aromatic heterocycles. The van der Waals surface area contributed by atoms with E-state index in [9.17, 15) is 8.42 Å². The van der Waals surface area contributed by atoms with Crippen molar-refractivity contribution < 1.29 is 13.5 Å². The SMILES string of the molecule is O=S(=O)(NCCCC1CCCC1)c1ccc(Cl)c(CO)c1. The molecule has 0 atom stereocenters. The Kier molecular flexibility index (Phi) is 6.05. The molecule has 0 radical (unpaired) electrons. The second-order valence-corrected chi connectivity index (χ2v) is 7.78. The normalized spacial score (nSPS) is 16.5. The molecule has 1 aromatic rings. The quantitative estimate of drug-likeness (QED) is 0.754. The summed E-state index contributed by atoms with van der Waals surface area (Å²) in [5, 5.41) is 9.52. The van der Waals surface area contributed by atoms with Gasteiger partial charge in [0.2, 0.25) is 10.0 Å². The number of hydrogen-bond acceptors (Lipinski definition) is 3. The first-order valence-corrected chi connectivity index (χ1v) is 9.28. The number of sulfonamides is 1. The van der Waals surface area contributed by atoms with Gasteiger partial charge in [-0.2, -0.15) is 0 Å². The van der Waals surface area contributed by atoms with Gasteiger partial charge in [0.25, 0.3) is 0 Å². The van der Waals surface area contributed by atoms with Crippen molar-refractivity contribution in [1.82, 2.24) is 4.72 Å². The molecule has 1 fully saturated rings. The third-order valence-corrected chi connectivity index (χ3v) is 5.88. The van der Waals surface area contributed by atoms with Crippen molar-refractivity contribution in [2.24, 2.45) is 5.92 Å². The zero-order chi connectivity index (χ0) is 15.3. The van der Waals surface area contributed by atoms with Gasteiger partial charge in [-0.3, -0.25) is 0 Å². The fourth-order valence-corrected chi connectivity index (χ4v) is 4.12. The standard InChI is InChI=1S/C15H22ClNO3S/c16-15-8-7-14(10-13(15)11-18)21(19,20)17-9-3-6-12-4-1-2-5-12/h7-8,10,12,17-18H,1-6,9,11H2. The summed E-state index contributed by atoms with van der Waals surface area (Å²) < 4.78 is 27.0. The van der Waals surface area contributed by atoms with Crippen molar-refractivity contribution in [1.29, 1.82) is 0 Å². The smallest absolute Gasteiger partial charge is 0.240 e. The van der Waals surface area contributed by atoms with Crippen molar-refractivity contribution in [2.75, 3.05) is 6.54 Å². The van der Waals surface area contributed by atoms with E-state index < -0.39 is 10.0 Å². The molecule has 1 aromatic carbocycles. The van der Waals surface area contributed by atoms with E-state index in [0.717, 1.165) is 18.8 Å². The summed E-state index contributed by atoms with van der Waals surface area (Å²) >= 11 is 5.87. The average molecular weight is 332 g/mol. The van der Waals surface area contributed by atoms with Crippen molar-refractivity contribution in [2.45, 2.75) is 50.0 Å². The molecule has 118 valence electrons. The van der Waals surface area contributed by atoms with Crippen molar-refractivity contribution in [3.8, 4) is 0 Å². The van der Waals surface area contributed by atoms with E-state index in [0.29, 0.717) is 17.1 Å². The van der Waals surface area contributed by atoms with E-state index in [-0.39, 0.29) is 11.5 Å². The van der Waals surface area contributed by atoms with Crippen LogP contribution in [0.2, 0.25) is 5.02 Å². The monoisotopic (exact) mass is 331 g/mol. The number of aliphatic hydroxyl groups is 1. The Bertz CT molecular complexity index is 568.